The summed E-state index contributed by atoms with van der Waals surface area (Å²) in [6.45, 7) is 5.07. The Morgan fingerprint density at radius 1 is 1.24 bits per heavy atom. The first-order valence-corrected chi connectivity index (χ1v) is 9.31. The monoisotopic (exact) mass is 414 g/mol. The van der Waals surface area contributed by atoms with Gasteiger partial charge < -0.3 is 15.8 Å². The van der Waals surface area contributed by atoms with E-state index in [1.807, 2.05) is 62.4 Å². The Morgan fingerprint density at radius 2 is 1.97 bits per heavy atom. The molecule has 6 nitrogen and oxygen atoms in total. The molecule has 7 heteroatoms. The maximum atomic E-state index is 12.9. The molecule has 3 aromatic rings. The van der Waals surface area contributed by atoms with Gasteiger partial charge in [0, 0.05) is 18.3 Å². The lowest BCUT2D eigenvalue weighted by Gasteiger charge is -2.10. The SMILES string of the molecule is COc1cccc(-c2nn(-c3ccc(C)cc3)cc2C(=O)NCC(C)CN)c1.Cl. The molecule has 0 fully saturated rings. The number of ether oxygens (including phenoxy) is 1. The van der Waals surface area contributed by atoms with Crippen molar-refractivity contribution in [2.75, 3.05) is 20.2 Å². The zero-order valence-electron chi connectivity index (χ0n) is 16.9. The normalized spacial score (nSPS) is 11.4. The number of rotatable bonds is 7. The van der Waals surface area contributed by atoms with Gasteiger partial charge in [-0.1, -0.05) is 36.8 Å². The number of methoxy groups -OCH3 is 1. The van der Waals surface area contributed by atoms with Gasteiger partial charge in [0.25, 0.3) is 5.91 Å². The van der Waals surface area contributed by atoms with Crippen LogP contribution in [-0.2, 0) is 0 Å². The fraction of sp³-hybridized carbons (Fsp3) is 0.273. The summed E-state index contributed by atoms with van der Waals surface area (Å²) in [5.74, 6) is 0.748. The van der Waals surface area contributed by atoms with Crippen molar-refractivity contribution < 1.29 is 9.53 Å². The average molecular weight is 415 g/mol. The van der Waals surface area contributed by atoms with Crippen molar-refractivity contribution in [2.45, 2.75) is 13.8 Å². The summed E-state index contributed by atoms with van der Waals surface area (Å²) in [5, 5.41) is 7.66. The lowest BCUT2D eigenvalue weighted by atomic mass is 10.1. The number of aromatic nitrogens is 2. The minimum absolute atomic E-state index is 0. The number of hydrogen-bond donors (Lipinski definition) is 2. The van der Waals surface area contributed by atoms with Gasteiger partial charge in [0.15, 0.2) is 0 Å². The van der Waals surface area contributed by atoms with Gasteiger partial charge in [-0.05, 0) is 43.7 Å². The number of hydrogen-bond acceptors (Lipinski definition) is 4. The molecule has 1 unspecified atom stereocenters. The van der Waals surface area contributed by atoms with Gasteiger partial charge in [0.05, 0.1) is 18.4 Å². The Labute approximate surface area is 177 Å². The summed E-state index contributed by atoms with van der Waals surface area (Å²) >= 11 is 0. The Bertz CT molecular complexity index is 954. The van der Waals surface area contributed by atoms with Crippen molar-refractivity contribution in [3.05, 3.63) is 65.9 Å². The average Bonchev–Trinajstić information content (AvgIpc) is 3.17. The molecule has 3 N–H and O–H groups in total. The van der Waals surface area contributed by atoms with E-state index in [2.05, 4.69) is 5.32 Å². The number of halogens is 1. The molecule has 154 valence electrons. The minimum atomic E-state index is -0.170. The number of aryl methyl sites for hydroxylation is 1. The Hall–Kier alpha value is -2.83. The largest absolute Gasteiger partial charge is 0.497 e. The van der Waals surface area contributed by atoms with Crippen LogP contribution in [0.15, 0.2) is 54.7 Å². The van der Waals surface area contributed by atoms with E-state index in [0.29, 0.717) is 30.1 Å². The molecule has 1 atom stereocenters. The highest BCUT2D eigenvalue weighted by atomic mass is 35.5. The molecule has 1 heterocycles. The third kappa shape index (κ3) is 5.37. The second kappa shape index (κ2) is 10.1. The van der Waals surface area contributed by atoms with E-state index in [-0.39, 0.29) is 24.2 Å². The van der Waals surface area contributed by atoms with E-state index in [1.165, 1.54) is 0 Å². The molecule has 0 saturated heterocycles. The highest BCUT2D eigenvalue weighted by Crippen LogP contribution is 2.27. The molecule has 29 heavy (non-hydrogen) atoms. The number of nitrogens with one attached hydrogen (secondary N) is 1. The predicted octanol–water partition coefficient (Wildman–Crippen LogP) is 3.60. The van der Waals surface area contributed by atoms with Gasteiger partial charge in [-0.2, -0.15) is 5.10 Å². The number of nitrogens with two attached hydrogens (primary N) is 1. The maximum absolute atomic E-state index is 12.9. The molecule has 0 aliphatic carbocycles. The van der Waals surface area contributed by atoms with Crippen molar-refractivity contribution in [2.24, 2.45) is 11.7 Å². The third-order valence-electron chi connectivity index (χ3n) is 4.61. The zero-order valence-corrected chi connectivity index (χ0v) is 17.7. The molecule has 1 amide bonds. The molecule has 0 saturated carbocycles. The third-order valence-corrected chi connectivity index (χ3v) is 4.61. The number of nitrogens with zero attached hydrogens (tertiary/aromatic N) is 2. The predicted molar refractivity (Wildman–Crippen MR) is 118 cm³/mol. The first kappa shape index (κ1) is 22.5. The lowest BCUT2D eigenvalue weighted by Crippen LogP contribution is -2.31. The van der Waals surface area contributed by atoms with Crippen LogP contribution in [-0.4, -0.2) is 35.9 Å². The summed E-state index contributed by atoms with van der Waals surface area (Å²) in [6, 6.07) is 15.5. The molecular formula is C22H27ClN4O2. The second-order valence-electron chi connectivity index (χ2n) is 6.95. The van der Waals surface area contributed by atoms with E-state index in [4.69, 9.17) is 15.6 Å². The van der Waals surface area contributed by atoms with Crippen LogP contribution in [0.25, 0.3) is 16.9 Å². The topological polar surface area (TPSA) is 82.2 Å². The van der Waals surface area contributed by atoms with Gasteiger partial charge in [-0.3, -0.25) is 4.79 Å². The first-order valence-electron chi connectivity index (χ1n) is 9.31. The van der Waals surface area contributed by atoms with Crippen molar-refractivity contribution >= 4 is 18.3 Å². The number of amides is 1. The molecule has 0 aliphatic rings. The van der Waals surface area contributed by atoms with E-state index in [0.717, 1.165) is 16.8 Å². The van der Waals surface area contributed by atoms with Crippen molar-refractivity contribution in [3.8, 4) is 22.7 Å². The quantitative estimate of drug-likeness (QED) is 0.618. The van der Waals surface area contributed by atoms with Crippen LogP contribution >= 0.6 is 12.4 Å². The van der Waals surface area contributed by atoms with Gasteiger partial charge in [-0.15, -0.1) is 12.4 Å². The van der Waals surface area contributed by atoms with E-state index in [9.17, 15) is 4.79 Å². The second-order valence-corrected chi connectivity index (χ2v) is 6.95. The molecular weight excluding hydrogens is 388 g/mol. The summed E-state index contributed by atoms with van der Waals surface area (Å²) in [4.78, 5) is 12.9. The summed E-state index contributed by atoms with van der Waals surface area (Å²) in [6.07, 6.45) is 1.77. The van der Waals surface area contributed by atoms with Crippen LogP contribution in [0.3, 0.4) is 0 Å². The van der Waals surface area contributed by atoms with Gasteiger partial charge >= 0.3 is 0 Å². The highest BCUT2D eigenvalue weighted by Gasteiger charge is 2.19. The van der Waals surface area contributed by atoms with E-state index in [1.54, 1.807) is 18.0 Å². The van der Waals surface area contributed by atoms with Crippen LogP contribution in [0.5, 0.6) is 5.75 Å². The highest BCUT2D eigenvalue weighted by molar-refractivity contribution is 6.00. The van der Waals surface area contributed by atoms with Crippen LogP contribution in [0.2, 0.25) is 0 Å². The van der Waals surface area contributed by atoms with Crippen LogP contribution in [0.4, 0.5) is 0 Å². The van der Waals surface area contributed by atoms with Crippen LogP contribution < -0.4 is 15.8 Å². The van der Waals surface area contributed by atoms with Gasteiger partial charge in [-0.25, -0.2) is 4.68 Å². The van der Waals surface area contributed by atoms with Gasteiger partial charge in [0.2, 0.25) is 0 Å². The van der Waals surface area contributed by atoms with E-state index < -0.39 is 0 Å². The lowest BCUT2D eigenvalue weighted by molar-refractivity contribution is 0.0949. The van der Waals surface area contributed by atoms with E-state index >= 15 is 0 Å². The fourth-order valence-electron chi connectivity index (χ4n) is 2.80. The number of carbonyl (C=O) groups excluding carboxylic acids is 1. The molecule has 3 rings (SSSR count). The molecule has 2 aromatic carbocycles. The molecule has 1 aromatic heterocycles. The summed E-state index contributed by atoms with van der Waals surface area (Å²) in [7, 11) is 1.62. The number of benzene rings is 2. The molecule has 0 spiro atoms. The standard InChI is InChI=1S/C22H26N4O2.ClH/c1-15-7-9-18(10-8-15)26-14-20(22(27)24-13-16(2)12-23)21(25-26)17-5-4-6-19(11-17)28-3;/h4-11,14,16H,12-13,23H2,1-3H3,(H,24,27);1H. The van der Waals surface area contributed by atoms with Crippen LogP contribution in [0.1, 0.15) is 22.8 Å². The maximum Gasteiger partial charge on any atom is 0.255 e. The van der Waals surface area contributed by atoms with Crippen molar-refractivity contribution in [1.82, 2.24) is 15.1 Å². The summed E-state index contributed by atoms with van der Waals surface area (Å²) < 4.78 is 7.06. The molecule has 0 aliphatic heterocycles. The Balaban J connectivity index is 0.00000300. The molecule has 0 bridgehead atoms. The molecule has 0 radical (unpaired) electrons. The Morgan fingerprint density at radius 3 is 2.62 bits per heavy atom. The fourth-order valence-corrected chi connectivity index (χ4v) is 2.80. The smallest absolute Gasteiger partial charge is 0.255 e. The van der Waals surface area contributed by atoms with Gasteiger partial charge in [0.1, 0.15) is 11.4 Å². The minimum Gasteiger partial charge on any atom is -0.497 e. The van der Waals surface area contributed by atoms with Crippen LogP contribution in [0, 0.1) is 12.8 Å². The zero-order chi connectivity index (χ0) is 20.1. The summed E-state index contributed by atoms with van der Waals surface area (Å²) in [5.41, 5.74) is 9.66. The Kier molecular flexibility index (Phi) is 7.82. The first-order chi connectivity index (χ1) is 13.5. The van der Waals surface area contributed by atoms with Crippen molar-refractivity contribution in [3.63, 3.8) is 0 Å². The van der Waals surface area contributed by atoms with Crippen molar-refractivity contribution in [1.29, 1.82) is 0 Å². The number of carbonyl (C=O) groups is 1.